The molecule has 4 aromatic rings. The van der Waals surface area contributed by atoms with Gasteiger partial charge in [0.1, 0.15) is 0 Å². The number of fused-ring (bicyclic) bond motifs is 1. The standard InChI is InChI=1S/C20H13ClN4S/c1-11-9-23-18(14-6-16(21)20-17(7-14)26-10-24-20)19(25-11)15-5-3-4-13(8-22)12(15)2/h3-7,9-10H,1-2H3. The van der Waals surface area contributed by atoms with Crippen molar-refractivity contribution < 1.29 is 0 Å². The molecule has 2 aromatic carbocycles. The van der Waals surface area contributed by atoms with Crippen LogP contribution in [-0.4, -0.2) is 15.0 Å². The van der Waals surface area contributed by atoms with Gasteiger partial charge in [-0.25, -0.2) is 9.97 Å². The van der Waals surface area contributed by atoms with E-state index in [0.29, 0.717) is 10.6 Å². The number of thiazole rings is 1. The number of nitriles is 1. The molecule has 0 atom stereocenters. The Morgan fingerprint density at radius 1 is 1.12 bits per heavy atom. The first kappa shape index (κ1) is 16.6. The first-order valence-corrected chi connectivity index (χ1v) is 9.21. The number of hydrogen-bond acceptors (Lipinski definition) is 5. The SMILES string of the molecule is Cc1cnc(-c2cc(Cl)c3ncsc3c2)c(-c2cccc(C#N)c2C)n1. The lowest BCUT2D eigenvalue weighted by Crippen LogP contribution is -1.98. The molecule has 0 radical (unpaired) electrons. The Morgan fingerprint density at radius 2 is 1.96 bits per heavy atom. The van der Waals surface area contributed by atoms with Crippen LogP contribution in [0.1, 0.15) is 16.8 Å². The average molecular weight is 377 g/mol. The molecule has 0 fully saturated rings. The van der Waals surface area contributed by atoms with Crippen molar-refractivity contribution in [2.24, 2.45) is 0 Å². The van der Waals surface area contributed by atoms with Crippen molar-refractivity contribution in [2.75, 3.05) is 0 Å². The fraction of sp³-hybridized carbons (Fsp3) is 0.100. The summed E-state index contributed by atoms with van der Waals surface area (Å²) >= 11 is 7.95. The maximum absolute atomic E-state index is 9.35. The van der Waals surface area contributed by atoms with Crippen molar-refractivity contribution in [1.29, 1.82) is 5.26 Å². The molecule has 0 aliphatic heterocycles. The van der Waals surface area contributed by atoms with Gasteiger partial charge < -0.3 is 0 Å². The topological polar surface area (TPSA) is 62.5 Å². The Morgan fingerprint density at radius 3 is 2.77 bits per heavy atom. The van der Waals surface area contributed by atoms with Gasteiger partial charge in [-0.15, -0.1) is 11.3 Å². The molecule has 0 aliphatic carbocycles. The zero-order valence-corrected chi connectivity index (χ0v) is 15.7. The predicted octanol–water partition coefficient (Wildman–Crippen LogP) is 5.56. The van der Waals surface area contributed by atoms with Gasteiger partial charge in [-0.3, -0.25) is 4.98 Å². The van der Waals surface area contributed by atoms with Gasteiger partial charge in [0, 0.05) is 17.3 Å². The molecular formula is C20H13ClN4S. The van der Waals surface area contributed by atoms with Gasteiger partial charge in [-0.05, 0) is 37.6 Å². The Balaban J connectivity index is 2.00. The number of nitrogens with zero attached hydrogens (tertiary/aromatic N) is 4. The number of aryl methyl sites for hydroxylation is 1. The van der Waals surface area contributed by atoms with Gasteiger partial charge in [0.05, 0.1) is 49.5 Å². The molecule has 0 unspecified atom stereocenters. The number of rotatable bonds is 2. The summed E-state index contributed by atoms with van der Waals surface area (Å²) in [7, 11) is 0. The van der Waals surface area contributed by atoms with Gasteiger partial charge in [0.15, 0.2) is 0 Å². The Bertz CT molecular complexity index is 1190. The molecule has 0 aliphatic rings. The third-order valence-corrected chi connectivity index (χ3v) is 5.33. The van der Waals surface area contributed by atoms with Gasteiger partial charge in [0.25, 0.3) is 0 Å². The molecule has 126 valence electrons. The van der Waals surface area contributed by atoms with E-state index in [-0.39, 0.29) is 0 Å². The quantitative estimate of drug-likeness (QED) is 0.459. The number of hydrogen-bond donors (Lipinski definition) is 0. The van der Waals surface area contributed by atoms with Crippen molar-refractivity contribution in [1.82, 2.24) is 15.0 Å². The lowest BCUT2D eigenvalue weighted by atomic mass is 9.97. The van der Waals surface area contributed by atoms with Crippen LogP contribution in [0.25, 0.3) is 32.7 Å². The van der Waals surface area contributed by atoms with Gasteiger partial charge in [-0.1, -0.05) is 23.7 Å². The molecule has 2 aromatic heterocycles. The zero-order valence-electron chi connectivity index (χ0n) is 14.1. The van der Waals surface area contributed by atoms with E-state index in [1.807, 2.05) is 44.2 Å². The van der Waals surface area contributed by atoms with E-state index < -0.39 is 0 Å². The molecule has 2 heterocycles. The average Bonchev–Trinajstić information content (AvgIpc) is 3.11. The van der Waals surface area contributed by atoms with Crippen LogP contribution in [0.15, 0.2) is 42.0 Å². The highest BCUT2D eigenvalue weighted by molar-refractivity contribution is 7.16. The summed E-state index contributed by atoms with van der Waals surface area (Å²) in [6.07, 6.45) is 1.74. The number of halogens is 1. The van der Waals surface area contributed by atoms with E-state index in [9.17, 15) is 5.26 Å². The molecule has 0 bridgehead atoms. The molecule has 4 rings (SSSR count). The van der Waals surface area contributed by atoms with Crippen LogP contribution in [-0.2, 0) is 0 Å². The number of aromatic nitrogens is 3. The molecule has 4 nitrogen and oxygen atoms in total. The highest BCUT2D eigenvalue weighted by atomic mass is 35.5. The summed E-state index contributed by atoms with van der Waals surface area (Å²) in [6, 6.07) is 11.8. The summed E-state index contributed by atoms with van der Waals surface area (Å²) in [5.74, 6) is 0. The van der Waals surface area contributed by atoms with Crippen molar-refractivity contribution in [2.45, 2.75) is 13.8 Å². The maximum Gasteiger partial charge on any atom is 0.0998 e. The van der Waals surface area contributed by atoms with E-state index in [1.54, 1.807) is 11.7 Å². The lowest BCUT2D eigenvalue weighted by molar-refractivity contribution is 1.12. The largest absolute Gasteiger partial charge is 0.252 e. The molecule has 0 amide bonds. The Hall–Kier alpha value is -2.81. The van der Waals surface area contributed by atoms with E-state index >= 15 is 0 Å². The predicted molar refractivity (Wildman–Crippen MR) is 105 cm³/mol. The van der Waals surface area contributed by atoms with Crippen molar-refractivity contribution in [3.63, 3.8) is 0 Å². The third-order valence-electron chi connectivity index (χ3n) is 4.27. The van der Waals surface area contributed by atoms with Crippen LogP contribution in [0, 0.1) is 25.2 Å². The summed E-state index contributed by atoms with van der Waals surface area (Å²) in [4.78, 5) is 13.7. The van der Waals surface area contributed by atoms with Crippen molar-refractivity contribution in [3.05, 3.63) is 63.9 Å². The van der Waals surface area contributed by atoms with Crippen LogP contribution in [0.2, 0.25) is 5.02 Å². The van der Waals surface area contributed by atoms with Crippen LogP contribution < -0.4 is 0 Å². The molecule has 0 saturated heterocycles. The van der Waals surface area contributed by atoms with Crippen LogP contribution >= 0.6 is 22.9 Å². The minimum Gasteiger partial charge on any atom is -0.252 e. The molecule has 6 heteroatoms. The van der Waals surface area contributed by atoms with Gasteiger partial charge in [-0.2, -0.15) is 5.26 Å². The Labute approximate surface area is 159 Å². The monoisotopic (exact) mass is 376 g/mol. The number of benzene rings is 2. The highest BCUT2D eigenvalue weighted by Gasteiger charge is 2.17. The second-order valence-corrected chi connectivity index (χ2v) is 7.25. The van der Waals surface area contributed by atoms with Crippen molar-refractivity contribution >= 4 is 33.2 Å². The molecule has 26 heavy (non-hydrogen) atoms. The summed E-state index contributed by atoms with van der Waals surface area (Å²) in [5.41, 5.74) is 8.19. The van der Waals surface area contributed by atoms with Gasteiger partial charge in [0.2, 0.25) is 0 Å². The fourth-order valence-electron chi connectivity index (χ4n) is 2.95. The summed E-state index contributed by atoms with van der Waals surface area (Å²) in [5, 5.41) is 9.94. The first-order valence-electron chi connectivity index (χ1n) is 7.95. The van der Waals surface area contributed by atoms with E-state index in [2.05, 4.69) is 16.0 Å². The van der Waals surface area contributed by atoms with E-state index in [0.717, 1.165) is 44.0 Å². The van der Waals surface area contributed by atoms with Crippen molar-refractivity contribution in [3.8, 4) is 28.6 Å². The molecule has 0 saturated carbocycles. The molecule has 0 N–H and O–H groups in total. The Kier molecular flexibility index (Phi) is 4.15. The normalized spacial score (nSPS) is 10.8. The molecule has 0 spiro atoms. The smallest absolute Gasteiger partial charge is 0.0998 e. The summed E-state index contributed by atoms with van der Waals surface area (Å²) < 4.78 is 1.00. The minimum absolute atomic E-state index is 0.592. The lowest BCUT2D eigenvalue weighted by Gasteiger charge is -2.12. The minimum atomic E-state index is 0.592. The maximum atomic E-state index is 9.35. The zero-order chi connectivity index (χ0) is 18.3. The second kappa shape index (κ2) is 6.49. The van der Waals surface area contributed by atoms with Crippen LogP contribution in [0.3, 0.4) is 0 Å². The van der Waals surface area contributed by atoms with Crippen LogP contribution in [0.5, 0.6) is 0 Å². The highest BCUT2D eigenvalue weighted by Crippen LogP contribution is 2.36. The second-order valence-electron chi connectivity index (χ2n) is 5.96. The third kappa shape index (κ3) is 2.74. The molecular weight excluding hydrogens is 364 g/mol. The summed E-state index contributed by atoms with van der Waals surface area (Å²) in [6.45, 7) is 3.84. The van der Waals surface area contributed by atoms with E-state index in [4.69, 9.17) is 16.6 Å². The van der Waals surface area contributed by atoms with Gasteiger partial charge >= 0.3 is 0 Å². The van der Waals surface area contributed by atoms with Crippen LogP contribution in [0.4, 0.5) is 0 Å². The fourth-order valence-corrected chi connectivity index (χ4v) is 4.02. The first-order chi connectivity index (χ1) is 12.6. The van der Waals surface area contributed by atoms with E-state index in [1.165, 1.54) is 11.3 Å².